The van der Waals surface area contributed by atoms with Gasteiger partial charge < -0.3 is 9.47 Å². The number of carbonyl (C=O) groups is 2. The number of amides is 2. The topological polar surface area (TPSA) is 67.9 Å². The van der Waals surface area contributed by atoms with E-state index in [1.54, 1.807) is 43.5 Å². The molecule has 2 amide bonds. The second-order valence-corrected chi connectivity index (χ2v) is 8.11. The predicted octanol–water partition coefficient (Wildman–Crippen LogP) is 4.42. The van der Waals surface area contributed by atoms with E-state index in [1.807, 2.05) is 18.2 Å². The molecule has 0 aromatic heterocycles. The van der Waals surface area contributed by atoms with Gasteiger partial charge in [-0.05, 0) is 54.5 Å². The number of thiocarbonyl (C=S) groups is 1. The quantitative estimate of drug-likeness (QED) is 0.371. The van der Waals surface area contributed by atoms with Crippen LogP contribution in [0.3, 0.4) is 0 Å². The average Bonchev–Trinajstić information content (AvgIpc) is 3.02. The molecule has 1 N–H and O–H groups in total. The number of thioether (sulfide) groups is 1. The summed E-state index contributed by atoms with van der Waals surface area (Å²) >= 11 is 6.41. The van der Waals surface area contributed by atoms with Crippen LogP contribution in [0.2, 0.25) is 0 Å². The molecule has 30 heavy (non-hydrogen) atoms. The second-order valence-electron chi connectivity index (χ2n) is 6.44. The first kappa shape index (κ1) is 21.9. The van der Waals surface area contributed by atoms with E-state index in [0.29, 0.717) is 28.6 Å². The minimum Gasteiger partial charge on any atom is -0.493 e. The van der Waals surface area contributed by atoms with Gasteiger partial charge >= 0.3 is 0 Å². The molecule has 0 spiro atoms. The van der Waals surface area contributed by atoms with Crippen LogP contribution in [-0.2, 0) is 4.79 Å². The summed E-state index contributed by atoms with van der Waals surface area (Å²) in [5.74, 6) is 0.471. The maximum absolute atomic E-state index is 12.8. The standard InChI is InChI=1S/C22H22N2O4S2/c1-3-4-12-28-17-11-10-15(13-18(17)27-2)14-19-21(26)24(22(29)30-19)23-20(25)16-8-6-5-7-9-16/h5-11,13-14H,3-4,12H2,1-2H3,(H,23,25). The molecule has 0 saturated carbocycles. The summed E-state index contributed by atoms with van der Waals surface area (Å²) in [5, 5.41) is 1.10. The van der Waals surface area contributed by atoms with Gasteiger partial charge in [0.2, 0.25) is 0 Å². The molecule has 0 bridgehead atoms. The molecule has 3 rings (SSSR count). The minimum absolute atomic E-state index is 0.266. The summed E-state index contributed by atoms with van der Waals surface area (Å²) in [5.41, 5.74) is 3.78. The molecule has 0 unspecified atom stereocenters. The zero-order valence-electron chi connectivity index (χ0n) is 16.7. The maximum atomic E-state index is 12.8. The third-order valence-electron chi connectivity index (χ3n) is 4.28. The normalized spacial score (nSPS) is 14.9. The Labute approximate surface area is 185 Å². The van der Waals surface area contributed by atoms with Crippen LogP contribution in [0.25, 0.3) is 6.08 Å². The fraction of sp³-hybridized carbons (Fsp3) is 0.227. The van der Waals surface area contributed by atoms with Gasteiger partial charge in [-0.15, -0.1) is 0 Å². The number of benzene rings is 2. The average molecular weight is 443 g/mol. The number of hydrogen-bond acceptors (Lipinski definition) is 6. The van der Waals surface area contributed by atoms with Gasteiger partial charge in [-0.3, -0.25) is 15.0 Å². The van der Waals surface area contributed by atoms with Crippen LogP contribution in [0, 0.1) is 0 Å². The van der Waals surface area contributed by atoms with E-state index < -0.39 is 5.91 Å². The number of hydrazine groups is 1. The van der Waals surface area contributed by atoms with Crippen molar-refractivity contribution in [2.45, 2.75) is 19.8 Å². The van der Waals surface area contributed by atoms with E-state index in [1.165, 1.54) is 0 Å². The molecule has 2 aromatic carbocycles. The van der Waals surface area contributed by atoms with Crippen LogP contribution >= 0.6 is 24.0 Å². The molecule has 0 atom stereocenters. The molecule has 1 aliphatic rings. The van der Waals surface area contributed by atoms with Crippen molar-refractivity contribution in [1.29, 1.82) is 0 Å². The summed E-state index contributed by atoms with van der Waals surface area (Å²) in [6, 6.07) is 14.1. The van der Waals surface area contributed by atoms with Crippen molar-refractivity contribution in [2.75, 3.05) is 13.7 Å². The highest BCUT2D eigenvalue weighted by molar-refractivity contribution is 8.26. The van der Waals surface area contributed by atoms with E-state index in [9.17, 15) is 9.59 Å². The Morgan fingerprint density at radius 2 is 1.97 bits per heavy atom. The van der Waals surface area contributed by atoms with Gasteiger partial charge in [0, 0.05) is 5.56 Å². The largest absolute Gasteiger partial charge is 0.493 e. The molecule has 1 fully saturated rings. The maximum Gasteiger partial charge on any atom is 0.285 e. The van der Waals surface area contributed by atoms with Crippen LogP contribution in [0.1, 0.15) is 35.7 Å². The van der Waals surface area contributed by atoms with Crippen molar-refractivity contribution in [2.24, 2.45) is 0 Å². The third kappa shape index (κ3) is 5.20. The SMILES string of the molecule is CCCCOc1ccc(C=C2SC(=S)N(NC(=O)c3ccccc3)C2=O)cc1OC. The number of nitrogens with zero attached hydrogens (tertiary/aromatic N) is 1. The molecule has 156 valence electrons. The number of carbonyl (C=O) groups excluding carboxylic acids is 2. The highest BCUT2D eigenvalue weighted by atomic mass is 32.2. The molecule has 8 heteroatoms. The zero-order chi connectivity index (χ0) is 21.5. The monoisotopic (exact) mass is 442 g/mol. The summed E-state index contributed by atoms with van der Waals surface area (Å²) in [4.78, 5) is 25.5. The van der Waals surface area contributed by atoms with E-state index in [-0.39, 0.29) is 10.2 Å². The van der Waals surface area contributed by atoms with Gasteiger partial charge in [0.1, 0.15) is 0 Å². The highest BCUT2D eigenvalue weighted by Gasteiger charge is 2.33. The van der Waals surface area contributed by atoms with Crippen molar-refractivity contribution < 1.29 is 19.1 Å². The Bertz CT molecular complexity index is 976. The van der Waals surface area contributed by atoms with Gasteiger partial charge in [-0.2, -0.15) is 5.01 Å². The smallest absolute Gasteiger partial charge is 0.285 e. The lowest BCUT2D eigenvalue weighted by Gasteiger charge is -2.15. The first-order valence-corrected chi connectivity index (χ1v) is 10.7. The molecule has 1 saturated heterocycles. The van der Waals surface area contributed by atoms with Crippen LogP contribution in [0.4, 0.5) is 0 Å². The van der Waals surface area contributed by atoms with E-state index in [4.69, 9.17) is 21.7 Å². The fourth-order valence-electron chi connectivity index (χ4n) is 2.69. The second kappa shape index (κ2) is 10.3. The van der Waals surface area contributed by atoms with Gasteiger partial charge in [-0.1, -0.05) is 49.4 Å². The van der Waals surface area contributed by atoms with Crippen molar-refractivity contribution in [1.82, 2.24) is 10.4 Å². The number of methoxy groups -OCH3 is 1. The van der Waals surface area contributed by atoms with E-state index in [0.717, 1.165) is 35.2 Å². The molecule has 0 radical (unpaired) electrons. The molecule has 1 heterocycles. The Kier molecular flexibility index (Phi) is 7.48. The molecular formula is C22H22N2O4S2. The number of unbranched alkanes of at least 4 members (excludes halogenated alkanes) is 1. The Balaban J connectivity index is 1.74. The summed E-state index contributed by atoms with van der Waals surface area (Å²) in [7, 11) is 1.57. The van der Waals surface area contributed by atoms with Gasteiger partial charge in [0.25, 0.3) is 11.8 Å². The van der Waals surface area contributed by atoms with Crippen LogP contribution in [0.5, 0.6) is 11.5 Å². The Morgan fingerprint density at radius 3 is 2.67 bits per heavy atom. The number of hydrogen-bond donors (Lipinski definition) is 1. The Hall–Kier alpha value is -2.84. The molecule has 6 nitrogen and oxygen atoms in total. The first-order chi connectivity index (χ1) is 14.5. The van der Waals surface area contributed by atoms with Crippen molar-refractivity contribution in [3.8, 4) is 11.5 Å². The van der Waals surface area contributed by atoms with Crippen LogP contribution < -0.4 is 14.9 Å². The predicted molar refractivity (Wildman–Crippen MR) is 122 cm³/mol. The molecule has 2 aromatic rings. The zero-order valence-corrected chi connectivity index (χ0v) is 18.3. The number of ether oxygens (including phenoxy) is 2. The number of nitrogens with one attached hydrogen (secondary N) is 1. The molecular weight excluding hydrogens is 420 g/mol. The first-order valence-electron chi connectivity index (χ1n) is 9.48. The van der Waals surface area contributed by atoms with Crippen molar-refractivity contribution in [3.05, 3.63) is 64.6 Å². The minimum atomic E-state index is -0.400. The van der Waals surface area contributed by atoms with Gasteiger partial charge in [-0.25, -0.2) is 0 Å². The molecule has 1 aliphatic heterocycles. The Morgan fingerprint density at radius 1 is 1.20 bits per heavy atom. The fourth-order valence-corrected chi connectivity index (χ4v) is 3.87. The summed E-state index contributed by atoms with van der Waals surface area (Å²) in [6.07, 6.45) is 3.72. The van der Waals surface area contributed by atoms with Crippen LogP contribution in [-0.4, -0.2) is 34.9 Å². The van der Waals surface area contributed by atoms with Crippen LogP contribution in [0.15, 0.2) is 53.4 Å². The number of rotatable bonds is 8. The lowest BCUT2D eigenvalue weighted by atomic mass is 10.2. The van der Waals surface area contributed by atoms with E-state index >= 15 is 0 Å². The highest BCUT2D eigenvalue weighted by Crippen LogP contribution is 2.34. The van der Waals surface area contributed by atoms with Gasteiger partial charge in [0.15, 0.2) is 15.8 Å². The summed E-state index contributed by atoms with van der Waals surface area (Å²) < 4.78 is 11.4. The lowest BCUT2D eigenvalue weighted by molar-refractivity contribution is -0.123. The van der Waals surface area contributed by atoms with Gasteiger partial charge in [0.05, 0.1) is 18.6 Å². The third-order valence-corrected chi connectivity index (χ3v) is 5.59. The van der Waals surface area contributed by atoms with Crippen molar-refractivity contribution in [3.63, 3.8) is 0 Å². The lowest BCUT2D eigenvalue weighted by Crippen LogP contribution is -2.44. The van der Waals surface area contributed by atoms with E-state index in [2.05, 4.69) is 12.3 Å². The molecule has 0 aliphatic carbocycles. The van der Waals surface area contributed by atoms with Crippen molar-refractivity contribution >= 4 is 46.2 Å². The summed E-state index contributed by atoms with van der Waals surface area (Å²) in [6.45, 7) is 2.72.